The average molecular weight is 338 g/mol. The summed E-state index contributed by atoms with van der Waals surface area (Å²) in [7, 11) is 0. The molecule has 1 N–H and O–H groups in total. The predicted octanol–water partition coefficient (Wildman–Crippen LogP) is 2.47. The topological polar surface area (TPSA) is 79.5 Å². The lowest BCUT2D eigenvalue weighted by atomic mass is 9.89. The van der Waals surface area contributed by atoms with Crippen molar-refractivity contribution in [1.29, 1.82) is 0 Å². The second-order valence-electron chi connectivity index (χ2n) is 6.72. The molecule has 6 heteroatoms. The second-order valence-corrected chi connectivity index (χ2v) is 6.72. The lowest BCUT2D eigenvalue weighted by Crippen LogP contribution is -2.45. The van der Waals surface area contributed by atoms with Crippen LogP contribution in [0.1, 0.15) is 51.0 Å². The first-order chi connectivity index (χ1) is 12.0. The maximum atomic E-state index is 12.7. The Labute approximate surface area is 144 Å². The van der Waals surface area contributed by atoms with Crippen molar-refractivity contribution in [1.82, 2.24) is 9.88 Å². The molecule has 0 bridgehead atoms. The summed E-state index contributed by atoms with van der Waals surface area (Å²) in [5, 5.41) is 0. The third-order valence-corrected chi connectivity index (χ3v) is 4.92. The monoisotopic (exact) mass is 338 g/mol. The third-order valence-electron chi connectivity index (χ3n) is 4.92. The summed E-state index contributed by atoms with van der Waals surface area (Å²) in [4.78, 5) is 41.1. The lowest BCUT2D eigenvalue weighted by molar-refractivity contribution is 0.0427. The van der Waals surface area contributed by atoms with Gasteiger partial charge in [0.15, 0.2) is 11.6 Å². The molecule has 1 fully saturated rings. The van der Waals surface area contributed by atoms with E-state index >= 15 is 0 Å². The average Bonchev–Trinajstić information content (AvgIpc) is 3.22. The Kier molecular flexibility index (Phi) is 3.49. The zero-order valence-electron chi connectivity index (χ0n) is 13.9. The Morgan fingerprint density at radius 1 is 1.28 bits per heavy atom. The van der Waals surface area contributed by atoms with E-state index in [2.05, 4.69) is 4.98 Å². The van der Waals surface area contributed by atoms with E-state index in [9.17, 15) is 14.4 Å². The smallest absolute Gasteiger partial charge is 0.270 e. The van der Waals surface area contributed by atoms with Crippen molar-refractivity contribution in [2.24, 2.45) is 0 Å². The Bertz CT molecular complexity index is 885. The van der Waals surface area contributed by atoms with E-state index in [0.29, 0.717) is 42.1 Å². The summed E-state index contributed by atoms with van der Waals surface area (Å²) in [5.74, 6) is 0.368. The van der Waals surface area contributed by atoms with Gasteiger partial charge in [-0.1, -0.05) is 12.1 Å². The second kappa shape index (κ2) is 5.58. The Hall–Kier alpha value is -2.89. The van der Waals surface area contributed by atoms with Gasteiger partial charge in [0.2, 0.25) is 0 Å². The van der Waals surface area contributed by atoms with Crippen LogP contribution in [0.5, 0.6) is 5.75 Å². The molecule has 2 aliphatic rings. The summed E-state index contributed by atoms with van der Waals surface area (Å²) in [6.45, 7) is 2.34. The SMILES string of the molecule is CC(=O)c1c[nH]c(C(=O)N2CCC3(CC(=O)c4ccccc4O3)C2)c1. The molecule has 25 heavy (non-hydrogen) atoms. The molecule has 6 nitrogen and oxygen atoms in total. The van der Waals surface area contributed by atoms with E-state index in [-0.39, 0.29) is 23.9 Å². The van der Waals surface area contributed by atoms with E-state index < -0.39 is 5.60 Å². The fourth-order valence-electron chi connectivity index (χ4n) is 3.58. The number of nitrogens with zero attached hydrogens (tertiary/aromatic N) is 1. The number of amides is 1. The van der Waals surface area contributed by atoms with Gasteiger partial charge in [0.1, 0.15) is 17.0 Å². The molecule has 128 valence electrons. The van der Waals surface area contributed by atoms with Crippen LogP contribution in [0.3, 0.4) is 0 Å². The normalized spacial score (nSPS) is 22.0. The Morgan fingerprint density at radius 3 is 2.84 bits per heavy atom. The first-order valence-corrected chi connectivity index (χ1v) is 8.27. The molecule has 1 saturated heterocycles. The molecule has 0 radical (unpaired) electrons. The first-order valence-electron chi connectivity index (χ1n) is 8.27. The summed E-state index contributed by atoms with van der Waals surface area (Å²) >= 11 is 0. The summed E-state index contributed by atoms with van der Waals surface area (Å²) < 4.78 is 6.13. The van der Waals surface area contributed by atoms with Gasteiger partial charge in [-0.25, -0.2) is 0 Å². The number of hydrogen-bond donors (Lipinski definition) is 1. The molecule has 0 saturated carbocycles. The minimum Gasteiger partial charge on any atom is -0.484 e. The van der Waals surface area contributed by atoms with Gasteiger partial charge >= 0.3 is 0 Å². The number of ether oxygens (including phenoxy) is 1. The van der Waals surface area contributed by atoms with Gasteiger partial charge in [-0.2, -0.15) is 0 Å². The number of aromatic amines is 1. The third kappa shape index (κ3) is 2.63. The van der Waals surface area contributed by atoms with Crippen molar-refractivity contribution in [3.63, 3.8) is 0 Å². The summed E-state index contributed by atoms with van der Waals surface area (Å²) in [5.41, 5.74) is 0.810. The van der Waals surface area contributed by atoms with E-state index in [4.69, 9.17) is 4.74 Å². The fraction of sp³-hybridized carbons (Fsp3) is 0.316. The summed E-state index contributed by atoms with van der Waals surface area (Å²) in [6, 6.07) is 8.79. The molecule has 1 amide bonds. The number of para-hydroxylation sites is 1. The molecule has 1 aromatic carbocycles. The number of benzene rings is 1. The van der Waals surface area contributed by atoms with E-state index in [1.165, 1.54) is 13.1 Å². The minimum atomic E-state index is -0.656. The van der Waals surface area contributed by atoms with Crippen molar-refractivity contribution < 1.29 is 19.1 Å². The van der Waals surface area contributed by atoms with Crippen molar-refractivity contribution in [3.05, 3.63) is 53.3 Å². The van der Waals surface area contributed by atoms with Gasteiger partial charge in [0, 0.05) is 24.7 Å². The summed E-state index contributed by atoms with van der Waals surface area (Å²) in [6.07, 6.45) is 2.43. The van der Waals surface area contributed by atoms with Crippen LogP contribution in [0.15, 0.2) is 36.5 Å². The number of ketones is 2. The van der Waals surface area contributed by atoms with Gasteiger partial charge in [-0.15, -0.1) is 0 Å². The first kappa shape index (κ1) is 15.6. The molecule has 1 unspecified atom stereocenters. The van der Waals surface area contributed by atoms with Crippen LogP contribution in [0.4, 0.5) is 0 Å². The molecule has 4 rings (SSSR count). The Balaban J connectivity index is 1.54. The number of carbonyl (C=O) groups is 3. The lowest BCUT2D eigenvalue weighted by Gasteiger charge is -2.34. The van der Waals surface area contributed by atoms with Crippen LogP contribution < -0.4 is 4.74 Å². The number of Topliss-reactive ketones (excluding diaryl/α,β-unsaturated/α-hetero) is 2. The van der Waals surface area contributed by atoms with Crippen molar-refractivity contribution in [3.8, 4) is 5.75 Å². The van der Waals surface area contributed by atoms with Gasteiger partial charge in [0.25, 0.3) is 5.91 Å². The number of fused-ring (bicyclic) bond motifs is 1. The quantitative estimate of drug-likeness (QED) is 0.853. The number of carbonyl (C=O) groups excluding carboxylic acids is 3. The molecular formula is C19H18N2O4. The van der Waals surface area contributed by atoms with Gasteiger partial charge in [-0.05, 0) is 25.1 Å². The molecule has 1 aromatic heterocycles. The van der Waals surface area contributed by atoms with E-state index in [1.54, 1.807) is 23.1 Å². The van der Waals surface area contributed by atoms with Crippen LogP contribution in [0, 0.1) is 0 Å². The largest absolute Gasteiger partial charge is 0.484 e. The van der Waals surface area contributed by atoms with Gasteiger partial charge in [0.05, 0.1) is 18.5 Å². The predicted molar refractivity (Wildman–Crippen MR) is 90.1 cm³/mol. The maximum absolute atomic E-state index is 12.7. The standard InChI is InChI=1S/C19H18N2O4/c1-12(22)13-8-15(20-10-13)18(24)21-7-6-19(11-21)9-16(23)14-4-2-3-5-17(14)25-19/h2-5,8,10,20H,6-7,9,11H2,1H3. The van der Waals surface area contributed by atoms with Crippen LogP contribution >= 0.6 is 0 Å². The van der Waals surface area contributed by atoms with E-state index in [1.807, 2.05) is 12.1 Å². The van der Waals surface area contributed by atoms with Crippen molar-refractivity contribution in [2.45, 2.75) is 25.4 Å². The number of H-pyrrole nitrogens is 1. The van der Waals surface area contributed by atoms with Crippen LogP contribution in [0.25, 0.3) is 0 Å². The number of nitrogens with one attached hydrogen (secondary N) is 1. The highest BCUT2D eigenvalue weighted by Crippen LogP contribution is 2.38. The molecule has 2 aromatic rings. The van der Waals surface area contributed by atoms with Crippen LogP contribution in [0.2, 0.25) is 0 Å². The highest BCUT2D eigenvalue weighted by Gasteiger charge is 2.47. The molecular weight excluding hydrogens is 320 g/mol. The van der Waals surface area contributed by atoms with Crippen molar-refractivity contribution in [2.75, 3.05) is 13.1 Å². The molecule has 2 aliphatic heterocycles. The Morgan fingerprint density at radius 2 is 2.08 bits per heavy atom. The van der Waals surface area contributed by atoms with E-state index in [0.717, 1.165) is 0 Å². The van der Waals surface area contributed by atoms with Crippen LogP contribution in [-0.4, -0.2) is 46.0 Å². The fourth-order valence-corrected chi connectivity index (χ4v) is 3.58. The van der Waals surface area contributed by atoms with Crippen LogP contribution in [-0.2, 0) is 0 Å². The molecule has 0 aliphatic carbocycles. The maximum Gasteiger partial charge on any atom is 0.270 e. The highest BCUT2D eigenvalue weighted by molar-refractivity contribution is 6.01. The zero-order chi connectivity index (χ0) is 17.6. The number of rotatable bonds is 2. The number of aromatic nitrogens is 1. The van der Waals surface area contributed by atoms with Gasteiger partial charge < -0.3 is 14.6 Å². The van der Waals surface area contributed by atoms with Crippen molar-refractivity contribution >= 4 is 17.5 Å². The van der Waals surface area contributed by atoms with Gasteiger partial charge in [-0.3, -0.25) is 14.4 Å². The molecule has 1 spiro atoms. The zero-order valence-corrected chi connectivity index (χ0v) is 13.9. The number of hydrogen-bond acceptors (Lipinski definition) is 4. The highest BCUT2D eigenvalue weighted by atomic mass is 16.5. The minimum absolute atomic E-state index is 0.0508. The number of likely N-dealkylation sites (tertiary alicyclic amines) is 1. The molecule has 3 heterocycles. The molecule has 1 atom stereocenters.